The number of fused-ring (bicyclic) bond motifs is 3. The molecular formula is C25H18FN. The van der Waals surface area contributed by atoms with Gasteiger partial charge in [-0.1, -0.05) is 60.7 Å². The van der Waals surface area contributed by atoms with E-state index in [1.807, 2.05) is 12.1 Å². The van der Waals surface area contributed by atoms with E-state index in [9.17, 15) is 4.39 Å². The highest BCUT2D eigenvalue weighted by Crippen LogP contribution is 2.32. The quantitative estimate of drug-likeness (QED) is 0.349. The Balaban J connectivity index is 1.73. The maximum absolute atomic E-state index is 13.5. The fourth-order valence-electron chi connectivity index (χ4n) is 3.86. The van der Waals surface area contributed by atoms with Gasteiger partial charge in [0.2, 0.25) is 0 Å². The lowest BCUT2D eigenvalue weighted by Gasteiger charge is -2.09. The van der Waals surface area contributed by atoms with Crippen molar-refractivity contribution in [2.75, 3.05) is 0 Å². The summed E-state index contributed by atoms with van der Waals surface area (Å²) in [5, 5.41) is 2.48. The summed E-state index contributed by atoms with van der Waals surface area (Å²) in [6.45, 7) is 0. The van der Waals surface area contributed by atoms with Crippen molar-refractivity contribution < 1.29 is 4.39 Å². The second-order valence-corrected chi connectivity index (χ2v) is 6.85. The molecule has 0 bridgehead atoms. The molecule has 0 saturated carbocycles. The van der Waals surface area contributed by atoms with Crippen LogP contribution < -0.4 is 0 Å². The second kappa shape index (κ2) is 6.40. The van der Waals surface area contributed by atoms with Crippen LogP contribution in [0.25, 0.3) is 27.5 Å². The van der Waals surface area contributed by atoms with Crippen LogP contribution in [-0.2, 0) is 6.42 Å². The van der Waals surface area contributed by atoms with Gasteiger partial charge < -0.3 is 4.57 Å². The maximum atomic E-state index is 13.5. The van der Waals surface area contributed by atoms with Gasteiger partial charge >= 0.3 is 0 Å². The zero-order valence-electron chi connectivity index (χ0n) is 14.8. The Morgan fingerprint density at radius 1 is 0.593 bits per heavy atom. The zero-order valence-corrected chi connectivity index (χ0v) is 14.8. The van der Waals surface area contributed by atoms with Gasteiger partial charge in [0.05, 0.1) is 11.0 Å². The Labute approximate surface area is 157 Å². The summed E-state index contributed by atoms with van der Waals surface area (Å²) >= 11 is 0. The molecule has 0 aliphatic rings. The number of para-hydroxylation sites is 2. The molecule has 5 rings (SSSR count). The van der Waals surface area contributed by atoms with E-state index in [2.05, 4.69) is 71.3 Å². The predicted octanol–water partition coefficient (Wildman–Crippen LogP) is 6.51. The van der Waals surface area contributed by atoms with Crippen LogP contribution in [0.5, 0.6) is 0 Å². The Morgan fingerprint density at radius 2 is 1.33 bits per heavy atom. The lowest BCUT2D eigenvalue weighted by molar-refractivity contribution is 0.626. The van der Waals surface area contributed by atoms with E-state index in [0.29, 0.717) is 6.42 Å². The number of rotatable bonds is 3. The molecular weight excluding hydrogens is 333 g/mol. The third-order valence-corrected chi connectivity index (χ3v) is 5.05. The van der Waals surface area contributed by atoms with E-state index in [-0.39, 0.29) is 5.82 Å². The largest absolute Gasteiger partial charge is 0.309 e. The van der Waals surface area contributed by atoms with E-state index in [1.54, 1.807) is 12.1 Å². The van der Waals surface area contributed by atoms with Crippen molar-refractivity contribution >= 4 is 21.8 Å². The minimum atomic E-state index is -0.188. The minimum Gasteiger partial charge on any atom is -0.309 e. The average molecular weight is 351 g/mol. The second-order valence-electron chi connectivity index (χ2n) is 6.85. The highest BCUT2D eigenvalue weighted by molar-refractivity contribution is 6.09. The van der Waals surface area contributed by atoms with Crippen molar-refractivity contribution in [1.29, 1.82) is 0 Å². The molecule has 5 aromatic rings. The molecule has 1 heterocycles. The SMILES string of the molecule is Fc1cccc(Cc2ccc3c4ccccc4n(-c4ccccc4)c3c2)c1. The predicted molar refractivity (Wildman–Crippen MR) is 110 cm³/mol. The summed E-state index contributed by atoms with van der Waals surface area (Å²) in [4.78, 5) is 0. The Hall–Kier alpha value is -3.39. The van der Waals surface area contributed by atoms with E-state index in [0.717, 1.165) is 11.3 Å². The standard InChI is InChI=1S/C25H18FN/c26-20-8-6-7-18(16-20)15-19-13-14-23-22-11-4-5-12-24(22)27(25(23)17-19)21-9-2-1-3-10-21/h1-14,16-17H,15H2. The molecule has 0 spiro atoms. The van der Waals surface area contributed by atoms with Crippen molar-refractivity contribution in [3.63, 3.8) is 0 Å². The van der Waals surface area contributed by atoms with Crippen LogP contribution in [0.3, 0.4) is 0 Å². The molecule has 0 amide bonds. The van der Waals surface area contributed by atoms with Crippen molar-refractivity contribution in [2.45, 2.75) is 6.42 Å². The first-order valence-electron chi connectivity index (χ1n) is 9.11. The van der Waals surface area contributed by atoms with Gasteiger partial charge in [-0.3, -0.25) is 0 Å². The fraction of sp³-hybridized carbons (Fsp3) is 0.0400. The van der Waals surface area contributed by atoms with Crippen LogP contribution in [-0.4, -0.2) is 4.57 Å². The number of hydrogen-bond acceptors (Lipinski definition) is 0. The van der Waals surface area contributed by atoms with Crippen LogP contribution in [0, 0.1) is 5.82 Å². The Bertz CT molecular complexity index is 1250. The van der Waals surface area contributed by atoms with Crippen molar-refractivity contribution in [1.82, 2.24) is 4.57 Å². The van der Waals surface area contributed by atoms with Gasteiger partial charge in [-0.25, -0.2) is 4.39 Å². The molecule has 27 heavy (non-hydrogen) atoms. The monoisotopic (exact) mass is 351 g/mol. The molecule has 0 saturated heterocycles. The molecule has 0 unspecified atom stereocenters. The molecule has 1 aromatic heterocycles. The summed E-state index contributed by atoms with van der Waals surface area (Å²) in [7, 11) is 0. The van der Waals surface area contributed by atoms with E-state index < -0.39 is 0 Å². The summed E-state index contributed by atoms with van der Waals surface area (Å²) < 4.78 is 15.8. The third-order valence-electron chi connectivity index (χ3n) is 5.05. The van der Waals surface area contributed by atoms with Crippen LogP contribution in [0.1, 0.15) is 11.1 Å². The first-order chi connectivity index (χ1) is 13.3. The third kappa shape index (κ3) is 2.80. The summed E-state index contributed by atoms with van der Waals surface area (Å²) in [6.07, 6.45) is 0.712. The lowest BCUT2D eigenvalue weighted by Crippen LogP contribution is -1.94. The zero-order chi connectivity index (χ0) is 18.2. The van der Waals surface area contributed by atoms with E-state index in [4.69, 9.17) is 0 Å². The van der Waals surface area contributed by atoms with Gasteiger partial charge in [0.15, 0.2) is 0 Å². The smallest absolute Gasteiger partial charge is 0.123 e. The van der Waals surface area contributed by atoms with E-state index >= 15 is 0 Å². The Kier molecular flexibility index (Phi) is 3.75. The molecule has 0 N–H and O–H groups in total. The minimum absolute atomic E-state index is 0.188. The van der Waals surface area contributed by atoms with Gasteiger partial charge in [0, 0.05) is 16.5 Å². The van der Waals surface area contributed by atoms with Crippen LogP contribution in [0.4, 0.5) is 4.39 Å². The molecule has 0 aliphatic carbocycles. The normalized spacial score (nSPS) is 11.3. The Morgan fingerprint density at radius 3 is 2.19 bits per heavy atom. The topological polar surface area (TPSA) is 4.93 Å². The summed E-state index contributed by atoms with van der Waals surface area (Å²) in [5.41, 5.74) is 5.68. The lowest BCUT2D eigenvalue weighted by atomic mass is 10.0. The number of hydrogen-bond donors (Lipinski definition) is 0. The fourth-order valence-corrected chi connectivity index (χ4v) is 3.86. The van der Waals surface area contributed by atoms with Crippen LogP contribution in [0.15, 0.2) is 97.1 Å². The average Bonchev–Trinajstić information content (AvgIpc) is 3.02. The number of aromatic nitrogens is 1. The molecule has 4 aromatic carbocycles. The molecule has 0 radical (unpaired) electrons. The van der Waals surface area contributed by atoms with Gasteiger partial charge in [-0.15, -0.1) is 0 Å². The van der Waals surface area contributed by atoms with Crippen molar-refractivity contribution in [2.24, 2.45) is 0 Å². The number of nitrogens with zero attached hydrogens (tertiary/aromatic N) is 1. The van der Waals surface area contributed by atoms with Crippen LogP contribution >= 0.6 is 0 Å². The molecule has 1 nitrogen and oxygen atoms in total. The van der Waals surface area contributed by atoms with Gasteiger partial charge in [0.25, 0.3) is 0 Å². The molecule has 0 atom stereocenters. The molecule has 2 heteroatoms. The molecule has 0 fully saturated rings. The molecule has 0 aliphatic heterocycles. The highest BCUT2D eigenvalue weighted by Gasteiger charge is 2.12. The summed E-state index contributed by atoms with van der Waals surface area (Å²) in [5.74, 6) is -0.188. The maximum Gasteiger partial charge on any atom is 0.123 e. The summed E-state index contributed by atoms with van der Waals surface area (Å²) in [6, 6.07) is 32.3. The molecule has 130 valence electrons. The first kappa shape index (κ1) is 15.8. The number of benzene rings is 4. The number of halogens is 1. The van der Waals surface area contributed by atoms with Gasteiger partial charge in [-0.05, 0) is 53.9 Å². The first-order valence-corrected chi connectivity index (χ1v) is 9.11. The highest BCUT2D eigenvalue weighted by atomic mass is 19.1. The van der Waals surface area contributed by atoms with Crippen molar-refractivity contribution in [3.8, 4) is 5.69 Å². The van der Waals surface area contributed by atoms with Crippen LogP contribution in [0.2, 0.25) is 0 Å². The van der Waals surface area contributed by atoms with Crippen molar-refractivity contribution in [3.05, 3.63) is 114 Å². The van der Waals surface area contributed by atoms with E-state index in [1.165, 1.54) is 33.4 Å². The van der Waals surface area contributed by atoms with Gasteiger partial charge in [0.1, 0.15) is 5.82 Å². The van der Waals surface area contributed by atoms with Gasteiger partial charge in [-0.2, -0.15) is 0 Å².